The van der Waals surface area contributed by atoms with Crippen LogP contribution in [0, 0.1) is 0 Å². The molecule has 0 bridgehead atoms. The van der Waals surface area contributed by atoms with Gasteiger partial charge in [-0.1, -0.05) is 39.0 Å². The number of pyridine rings is 1. The van der Waals surface area contributed by atoms with E-state index in [0.29, 0.717) is 5.75 Å². The average molecular weight is 475 g/mol. The molecule has 5 aromatic rings. The van der Waals surface area contributed by atoms with Crippen LogP contribution in [0.1, 0.15) is 26.3 Å². The molecule has 36 heavy (non-hydrogen) atoms. The minimum Gasteiger partial charge on any atom is -0.457 e. The molecule has 178 valence electrons. The van der Waals surface area contributed by atoms with Gasteiger partial charge in [0.2, 0.25) is 0 Å². The lowest BCUT2D eigenvalue weighted by Crippen LogP contribution is -2.18. The van der Waals surface area contributed by atoms with Gasteiger partial charge in [0, 0.05) is 30.7 Å². The molecule has 3 aromatic carbocycles. The van der Waals surface area contributed by atoms with Crippen molar-refractivity contribution in [2.75, 3.05) is 4.90 Å². The van der Waals surface area contributed by atoms with E-state index in [1.807, 2.05) is 85.2 Å². The molecule has 0 atom stereocenters. The van der Waals surface area contributed by atoms with Crippen molar-refractivity contribution in [3.63, 3.8) is 0 Å². The van der Waals surface area contributed by atoms with Gasteiger partial charge in [-0.15, -0.1) is 0 Å². The maximum absolute atomic E-state index is 6.29. The average Bonchev–Trinajstić information content (AvgIpc) is 3.42. The zero-order chi connectivity index (χ0) is 24.7. The van der Waals surface area contributed by atoms with Gasteiger partial charge in [-0.2, -0.15) is 5.10 Å². The van der Waals surface area contributed by atoms with Crippen LogP contribution in [0.25, 0.3) is 5.69 Å². The number of fused-ring (bicyclic) bond motifs is 2. The third-order valence-corrected chi connectivity index (χ3v) is 6.16. The lowest BCUT2D eigenvalue weighted by atomic mass is 9.87. The van der Waals surface area contributed by atoms with Crippen molar-refractivity contribution in [1.29, 1.82) is 0 Å². The number of ether oxygens (including phenoxy) is 2. The van der Waals surface area contributed by atoms with Crippen molar-refractivity contribution in [1.82, 2.24) is 14.8 Å². The van der Waals surface area contributed by atoms with E-state index in [0.717, 1.165) is 40.1 Å². The highest BCUT2D eigenvalue weighted by molar-refractivity contribution is 5.85. The molecule has 0 unspecified atom stereocenters. The summed E-state index contributed by atoms with van der Waals surface area (Å²) in [7, 11) is 0. The Morgan fingerprint density at radius 1 is 0.750 bits per heavy atom. The van der Waals surface area contributed by atoms with E-state index >= 15 is 0 Å². The van der Waals surface area contributed by atoms with Crippen LogP contribution >= 0.6 is 0 Å². The van der Waals surface area contributed by atoms with Gasteiger partial charge in [0.15, 0.2) is 11.5 Å². The largest absolute Gasteiger partial charge is 0.457 e. The van der Waals surface area contributed by atoms with E-state index in [9.17, 15) is 0 Å². The van der Waals surface area contributed by atoms with Crippen molar-refractivity contribution in [3.05, 3.63) is 109 Å². The SMILES string of the molecule is CC(C)(C)c1ccnc(N2c3ccccc3Oc3ccc(Oc4cccc(-n5cccn5)c4)cc32)c1. The highest BCUT2D eigenvalue weighted by atomic mass is 16.5. The lowest BCUT2D eigenvalue weighted by molar-refractivity contribution is 0.465. The van der Waals surface area contributed by atoms with Gasteiger partial charge in [-0.25, -0.2) is 9.67 Å². The van der Waals surface area contributed by atoms with Gasteiger partial charge >= 0.3 is 0 Å². The number of hydrogen-bond donors (Lipinski definition) is 0. The molecule has 0 fully saturated rings. The molecule has 1 aliphatic heterocycles. The first-order valence-electron chi connectivity index (χ1n) is 11.9. The highest BCUT2D eigenvalue weighted by Gasteiger charge is 2.28. The molecule has 0 radical (unpaired) electrons. The predicted octanol–water partition coefficient (Wildman–Crippen LogP) is 7.93. The maximum Gasteiger partial charge on any atom is 0.151 e. The number of hydrogen-bond acceptors (Lipinski definition) is 5. The number of anilines is 3. The van der Waals surface area contributed by atoms with E-state index in [2.05, 4.69) is 42.9 Å². The summed E-state index contributed by atoms with van der Waals surface area (Å²) in [6, 6.07) is 27.8. The summed E-state index contributed by atoms with van der Waals surface area (Å²) in [6.07, 6.45) is 5.53. The van der Waals surface area contributed by atoms with Gasteiger partial charge in [0.05, 0.1) is 17.1 Å². The Morgan fingerprint density at radius 2 is 1.58 bits per heavy atom. The quantitative estimate of drug-likeness (QED) is 0.260. The minimum atomic E-state index is -0.00310. The Hall–Kier alpha value is -4.58. The van der Waals surface area contributed by atoms with E-state index in [4.69, 9.17) is 14.5 Å². The van der Waals surface area contributed by atoms with Crippen LogP contribution in [0.2, 0.25) is 0 Å². The summed E-state index contributed by atoms with van der Waals surface area (Å²) < 4.78 is 14.4. The predicted molar refractivity (Wildman–Crippen MR) is 141 cm³/mol. The summed E-state index contributed by atoms with van der Waals surface area (Å²) in [5.41, 5.74) is 3.93. The van der Waals surface area contributed by atoms with E-state index < -0.39 is 0 Å². The molecule has 0 amide bonds. The van der Waals surface area contributed by atoms with Gasteiger partial charge in [-0.3, -0.25) is 4.90 Å². The third kappa shape index (κ3) is 4.07. The Bertz CT molecular complexity index is 1540. The summed E-state index contributed by atoms with van der Waals surface area (Å²) >= 11 is 0. The second-order valence-corrected chi connectivity index (χ2v) is 9.74. The van der Waals surface area contributed by atoms with Crippen molar-refractivity contribution >= 4 is 17.2 Å². The first-order valence-corrected chi connectivity index (χ1v) is 11.9. The molecular weight excluding hydrogens is 448 g/mol. The molecule has 0 saturated carbocycles. The zero-order valence-corrected chi connectivity index (χ0v) is 20.4. The Morgan fingerprint density at radius 3 is 2.42 bits per heavy atom. The second kappa shape index (κ2) is 8.57. The van der Waals surface area contributed by atoms with Crippen molar-refractivity contribution in [2.24, 2.45) is 0 Å². The lowest BCUT2D eigenvalue weighted by Gasteiger charge is -2.33. The van der Waals surface area contributed by atoms with Crippen LogP contribution in [0.3, 0.4) is 0 Å². The fourth-order valence-electron chi connectivity index (χ4n) is 4.30. The normalized spacial score (nSPS) is 12.5. The Labute approximate surface area is 210 Å². The molecule has 0 saturated heterocycles. The van der Waals surface area contributed by atoms with Gasteiger partial charge < -0.3 is 9.47 Å². The number of para-hydroxylation sites is 2. The molecule has 6 rings (SSSR count). The smallest absolute Gasteiger partial charge is 0.151 e. The standard InChI is InChI=1S/C30H26N4O2/c1-30(2,3)21-14-16-31-29(18-21)34-25-10-4-5-11-27(25)36-28-13-12-24(20-26(28)34)35-23-9-6-8-22(19-23)33-17-7-15-32-33/h4-20H,1-3H3. The number of rotatable bonds is 4. The molecular formula is C30H26N4O2. The summed E-state index contributed by atoms with van der Waals surface area (Å²) in [6.45, 7) is 6.61. The molecule has 6 nitrogen and oxygen atoms in total. The number of benzene rings is 3. The fourth-order valence-corrected chi connectivity index (χ4v) is 4.30. The van der Waals surface area contributed by atoms with Crippen molar-refractivity contribution in [2.45, 2.75) is 26.2 Å². The van der Waals surface area contributed by atoms with Crippen LogP contribution in [0.5, 0.6) is 23.0 Å². The second-order valence-electron chi connectivity index (χ2n) is 9.74. The first kappa shape index (κ1) is 21.9. The number of nitrogens with zero attached hydrogens (tertiary/aromatic N) is 4. The Balaban J connectivity index is 1.41. The molecule has 0 spiro atoms. The summed E-state index contributed by atoms with van der Waals surface area (Å²) in [5, 5.41) is 4.31. The van der Waals surface area contributed by atoms with Gasteiger partial charge in [0.1, 0.15) is 17.3 Å². The third-order valence-electron chi connectivity index (χ3n) is 6.16. The van der Waals surface area contributed by atoms with Crippen molar-refractivity contribution < 1.29 is 9.47 Å². The van der Waals surface area contributed by atoms with Gasteiger partial charge in [-0.05, 0) is 65.6 Å². The van der Waals surface area contributed by atoms with Crippen molar-refractivity contribution in [3.8, 4) is 28.7 Å². The van der Waals surface area contributed by atoms with Crippen LogP contribution in [-0.4, -0.2) is 14.8 Å². The summed E-state index contributed by atoms with van der Waals surface area (Å²) in [5.74, 6) is 3.78. The topological polar surface area (TPSA) is 52.4 Å². The Kier molecular flexibility index (Phi) is 5.22. The van der Waals surface area contributed by atoms with Crippen LogP contribution in [-0.2, 0) is 5.41 Å². The molecule has 3 heterocycles. The zero-order valence-electron chi connectivity index (χ0n) is 20.4. The van der Waals surface area contributed by atoms with Crippen LogP contribution < -0.4 is 14.4 Å². The molecule has 6 heteroatoms. The molecule has 0 N–H and O–H groups in total. The molecule has 2 aromatic heterocycles. The minimum absolute atomic E-state index is 0.00310. The van der Waals surface area contributed by atoms with Crippen LogP contribution in [0.15, 0.2) is 104 Å². The molecule has 1 aliphatic rings. The molecule has 0 aliphatic carbocycles. The van der Waals surface area contributed by atoms with Crippen LogP contribution in [0.4, 0.5) is 17.2 Å². The monoisotopic (exact) mass is 474 g/mol. The summed E-state index contributed by atoms with van der Waals surface area (Å²) in [4.78, 5) is 6.88. The van der Waals surface area contributed by atoms with E-state index in [1.165, 1.54) is 5.56 Å². The van der Waals surface area contributed by atoms with E-state index in [-0.39, 0.29) is 5.41 Å². The maximum atomic E-state index is 6.29. The van der Waals surface area contributed by atoms with E-state index in [1.54, 1.807) is 10.9 Å². The first-order chi connectivity index (χ1) is 17.5. The highest BCUT2D eigenvalue weighted by Crippen LogP contribution is 2.51. The number of aromatic nitrogens is 3. The fraction of sp³-hybridized carbons (Fsp3) is 0.133. The van der Waals surface area contributed by atoms with Gasteiger partial charge in [0.25, 0.3) is 0 Å².